The molecule has 2 rings (SSSR count). The molecule has 0 saturated heterocycles. The van der Waals surface area contributed by atoms with Crippen LogP contribution in [-0.2, 0) is 5.75 Å². The highest BCUT2D eigenvalue weighted by atomic mass is 32.2. The molecule has 1 aromatic rings. The Labute approximate surface area is 109 Å². The molecule has 0 fully saturated rings. The van der Waals surface area contributed by atoms with E-state index in [-0.39, 0.29) is 0 Å². The largest absolute Gasteiger partial charge is 0.309 e. The van der Waals surface area contributed by atoms with Gasteiger partial charge in [-0.1, -0.05) is 45.0 Å². The van der Waals surface area contributed by atoms with Crippen LogP contribution in [0.25, 0.3) is 0 Å². The molecule has 2 heteroatoms. The van der Waals surface area contributed by atoms with Crippen molar-refractivity contribution in [2.24, 2.45) is 11.8 Å². The number of hydrogen-bond acceptors (Lipinski definition) is 2. The highest BCUT2D eigenvalue weighted by Crippen LogP contribution is 2.31. The zero-order valence-corrected chi connectivity index (χ0v) is 11.9. The molecule has 1 aliphatic heterocycles. The van der Waals surface area contributed by atoms with Gasteiger partial charge in [-0.3, -0.25) is 0 Å². The third-order valence-electron chi connectivity index (χ3n) is 3.80. The van der Waals surface area contributed by atoms with Gasteiger partial charge in [0.2, 0.25) is 0 Å². The van der Waals surface area contributed by atoms with Crippen molar-refractivity contribution in [1.82, 2.24) is 5.32 Å². The average Bonchev–Trinajstić information content (AvgIpc) is 2.35. The number of hydrogen-bond donors (Lipinski definition) is 1. The fraction of sp³-hybridized carbons (Fsp3) is 0.600. The first-order valence-electron chi connectivity index (χ1n) is 6.57. The van der Waals surface area contributed by atoms with Crippen LogP contribution in [0.5, 0.6) is 0 Å². The summed E-state index contributed by atoms with van der Waals surface area (Å²) < 4.78 is 0. The van der Waals surface area contributed by atoms with Crippen LogP contribution in [-0.4, -0.2) is 12.3 Å². The summed E-state index contributed by atoms with van der Waals surface area (Å²) in [5, 5.41) is 3.74. The number of fused-ring (bicyclic) bond motifs is 1. The van der Waals surface area contributed by atoms with Crippen LogP contribution >= 0.6 is 11.8 Å². The number of thioether (sulfide) groups is 1. The third-order valence-corrected chi connectivity index (χ3v) is 4.88. The first-order valence-corrected chi connectivity index (χ1v) is 7.73. The van der Waals surface area contributed by atoms with Crippen molar-refractivity contribution in [2.45, 2.75) is 32.6 Å². The average molecular weight is 249 g/mol. The lowest BCUT2D eigenvalue weighted by molar-refractivity contribution is 0.376. The zero-order valence-electron chi connectivity index (χ0n) is 11.1. The van der Waals surface area contributed by atoms with Crippen LogP contribution in [0.1, 0.15) is 37.9 Å². The molecule has 0 radical (unpaired) electrons. The summed E-state index contributed by atoms with van der Waals surface area (Å²) in [6.45, 7) is 8.06. The fourth-order valence-corrected chi connectivity index (χ4v) is 3.25. The molecule has 2 unspecified atom stereocenters. The summed E-state index contributed by atoms with van der Waals surface area (Å²) in [6, 6.07) is 9.41. The van der Waals surface area contributed by atoms with E-state index in [0.717, 1.165) is 18.4 Å². The predicted octanol–water partition coefficient (Wildman–Crippen LogP) is 3.86. The minimum atomic E-state index is 0.547. The molecule has 17 heavy (non-hydrogen) atoms. The monoisotopic (exact) mass is 249 g/mol. The Morgan fingerprint density at radius 3 is 2.82 bits per heavy atom. The van der Waals surface area contributed by atoms with Crippen molar-refractivity contribution in [3.8, 4) is 0 Å². The number of nitrogens with one attached hydrogen (secondary N) is 1. The van der Waals surface area contributed by atoms with E-state index in [4.69, 9.17) is 0 Å². The molecule has 2 atom stereocenters. The molecule has 0 spiro atoms. The Kier molecular flexibility index (Phi) is 4.52. The van der Waals surface area contributed by atoms with Gasteiger partial charge < -0.3 is 5.32 Å². The Bertz CT molecular complexity index is 362. The molecule has 0 aliphatic carbocycles. The highest BCUT2D eigenvalue weighted by Gasteiger charge is 2.20. The summed E-state index contributed by atoms with van der Waals surface area (Å²) >= 11 is 2.04. The maximum absolute atomic E-state index is 3.74. The zero-order chi connectivity index (χ0) is 12.3. The summed E-state index contributed by atoms with van der Waals surface area (Å²) in [5.41, 5.74) is 3.03. The van der Waals surface area contributed by atoms with Crippen LogP contribution in [0.3, 0.4) is 0 Å². The van der Waals surface area contributed by atoms with Crippen molar-refractivity contribution in [3.63, 3.8) is 0 Å². The Morgan fingerprint density at radius 1 is 1.29 bits per heavy atom. The molecule has 1 aromatic carbocycles. The second-order valence-electron chi connectivity index (χ2n) is 5.40. The van der Waals surface area contributed by atoms with Gasteiger partial charge in [0.25, 0.3) is 0 Å². The summed E-state index contributed by atoms with van der Waals surface area (Å²) in [5.74, 6) is 3.89. The molecule has 0 saturated carbocycles. The van der Waals surface area contributed by atoms with E-state index in [2.05, 4.69) is 50.4 Å². The lowest BCUT2D eigenvalue weighted by Gasteiger charge is -2.28. The van der Waals surface area contributed by atoms with Crippen molar-refractivity contribution in [2.75, 3.05) is 12.3 Å². The summed E-state index contributed by atoms with van der Waals surface area (Å²) in [7, 11) is 0. The van der Waals surface area contributed by atoms with Crippen LogP contribution < -0.4 is 5.32 Å². The fourth-order valence-electron chi connectivity index (χ4n) is 2.11. The maximum atomic E-state index is 3.74. The lowest BCUT2D eigenvalue weighted by atomic mass is 9.96. The van der Waals surface area contributed by atoms with Crippen molar-refractivity contribution in [3.05, 3.63) is 35.4 Å². The topological polar surface area (TPSA) is 12.0 Å². The Balaban J connectivity index is 1.99. The van der Waals surface area contributed by atoms with Gasteiger partial charge in [0.1, 0.15) is 0 Å². The van der Waals surface area contributed by atoms with Gasteiger partial charge in [-0.05, 0) is 29.5 Å². The van der Waals surface area contributed by atoms with E-state index in [1.807, 2.05) is 11.8 Å². The molecule has 1 heterocycles. The highest BCUT2D eigenvalue weighted by molar-refractivity contribution is 7.98. The quantitative estimate of drug-likeness (QED) is 0.869. The second-order valence-corrected chi connectivity index (χ2v) is 6.43. The van der Waals surface area contributed by atoms with Gasteiger partial charge in [-0.15, -0.1) is 0 Å². The van der Waals surface area contributed by atoms with Crippen molar-refractivity contribution < 1.29 is 0 Å². The molecule has 1 nitrogen and oxygen atoms in total. The van der Waals surface area contributed by atoms with E-state index in [0.29, 0.717) is 6.04 Å². The van der Waals surface area contributed by atoms with Gasteiger partial charge in [-0.25, -0.2) is 0 Å². The predicted molar refractivity (Wildman–Crippen MR) is 77.3 cm³/mol. The molecule has 1 N–H and O–H groups in total. The molecular formula is C15H23NS. The first-order chi connectivity index (χ1) is 8.18. The smallest absolute Gasteiger partial charge is 0.0415 e. The third kappa shape index (κ3) is 3.26. The minimum absolute atomic E-state index is 0.547. The van der Waals surface area contributed by atoms with Gasteiger partial charge in [0, 0.05) is 17.5 Å². The normalized spacial score (nSPS) is 21.3. The lowest BCUT2D eigenvalue weighted by Crippen LogP contribution is -2.31. The van der Waals surface area contributed by atoms with Crippen LogP contribution in [0, 0.1) is 11.8 Å². The molecule has 0 bridgehead atoms. The van der Waals surface area contributed by atoms with Gasteiger partial charge in [0.05, 0.1) is 0 Å². The maximum Gasteiger partial charge on any atom is 0.0415 e. The van der Waals surface area contributed by atoms with Gasteiger partial charge >= 0.3 is 0 Å². The second kappa shape index (κ2) is 5.92. The molecule has 94 valence electrons. The van der Waals surface area contributed by atoms with Crippen LogP contribution in [0.15, 0.2) is 24.3 Å². The van der Waals surface area contributed by atoms with E-state index < -0.39 is 0 Å². The number of benzene rings is 1. The van der Waals surface area contributed by atoms with Crippen LogP contribution in [0.4, 0.5) is 0 Å². The molecule has 1 aliphatic rings. The van der Waals surface area contributed by atoms with E-state index in [1.54, 1.807) is 0 Å². The van der Waals surface area contributed by atoms with E-state index in [9.17, 15) is 0 Å². The summed E-state index contributed by atoms with van der Waals surface area (Å²) in [4.78, 5) is 0. The van der Waals surface area contributed by atoms with Crippen molar-refractivity contribution in [1.29, 1.82) is 0 Å². The van der Waals surface area contributed by atoms with Gasteiger partial charge in [0.15, 0.2) is 0 Å². The van der Waals surface area contributed by atoms with E-state index >= 15 is 0 Å². The SMILES string of the molecule is CC(C)C(C)CNC1CSCc2ccccc21. The standard InChI is InChI=1S/C15H23NS/c1-11(2)12(3)8-16-15-10-17-9-13-6-4-5-7-14(13)15/h4-7,11-12,15-16H,8-10H2,1-3H3. The number of rotatable bonds is 4. The summed E-state index contributed by atoms with van der Waals surface area (Å²) in [6.07, 6.45) is 0. The Morgan fingerprint density at radius 2 is 2.06 bits per heavy atom. The Hall–Kier alpha value is -0.470. The van der Waals surface area contributed by atoms with Crippen LogP contribution in [0.2, 0.25) is 0 Å². The van der Waals surface area contributed by atoms with E-state index in [1.165, 1.54) is 22.6 Å². The van der Waals surface area contributed by atoms with Gasteiger partial charge in [-0.2, -0.15) is 11.8 Å². The minimum Gasteiger partial charge on any atom is -0.309 e. The van der Waals surface area contributed by atoms with Crippen molar-refractivity contribution >= 4 is 11.8 Å². The molecule has 0 aromatic heterocycles. The molecule has 0 amide bonds. The first kappa shape index (κ1) is 13.0. The molecular weight excluding hydrogens is 226 g/mol.